The Labute approximate surface area is 169 Å². The van der Waals surface area contributed by atoms with Gasteiger partial charge in [0.05, 0.1) is 19.6 Å². The quantitative estimate of drug-likeness (QED) is 0.660. The first-order valence-electron chi connectivity index (χ1n) is 8.30. The molecule has 142 valence electrons. The third-order valence-corrected chi connectivity index (χ3v) is 8.92. The van der Waals surface area contributed by atoms with Gasteiger partial charge >= 0.3 is 0 Å². The first-order valence-corrected chi connectivity index (χ1v) is 11.7. The SMILES string of the molecule is Cc1nc2ccc(NC(=O)[C@H]3CCCN3S(=O)(=O)c3ccc(Cl)s3)cc2s1. The van der Waals surface area contributed by atoms with E-state index < -0.39 is 16.1 Å². The van der Waals surface area contributed by atoms with Crippen molar-refractivity contribution in [3.8, 4) is 0 Å². The molecular weight excluding hydrogens is 426 g/mol. The number of nitrogens with zero attached hydrogens (tertiary/aromatic N) is 2. The predicted molar refractivity (Wildman–Crippen MR) is 109 cm³/mol. The molecule has 1 saturated heterocycles. The minimum absolute atomic E-state index is 0.161. The van der Waals surface area contributed by atoms with Gasteiger partial charge in [-0.05, 0) is 50.1 Å². The fraction of sp³-hybridized carbons (Fsp3) is 0.294. The molecule has 2 aromatic heterocycles. The lowest BCUT2D eigenvalue weighted by Crippen LogP contribution is -2.42. The number of benzene rings is 1. The smallest absolute Gasteiger partial charge is 0.253 e. The molecule has 3 heterocycles. The molecule has 1 fully saturated rings. The summed E-state index contributed by atoms with van der Waals surface area (Å²) in [5, 5.41) is 3.81. The van der Waals surface area contributed by atoms with Crippen LogP contribution in [0.1, 0.15) is 17.8 Å². The van der Waals surface area contributed by atoms with E-state index in [-0.39, 0.29) is 10.1 Å². The third-order valence-electron chi connectivity index (χ3n) is 4.38. The Morgan fingerprint density at radius 1 is 1.30 bits per heavy atom. The van der Waals surface area contributed by atoms with Crippen LogP contribution >= 0.6 is 34.3 Å². The molecule has 1 aliphatic heterocycles. The molecule has 0 aliphatic carbocycles. The van der Waals surface area contributed by atoms with Crippen LogP contribution in [0.2, 0.25) is 4.34 Å². The minimum Gasteiger partial charge on any atom is -0.325 e. The Bertz CT molecular complexity index is 1120. The molecule has 10 heteroatoms. The van der Waals surface area contributed by atoms with Gasteiger partial charge in [0.2, 0.25) is 5.91 Å². The highest BCUT2D eigenvalue weighted by atomic mass is 35.5. The summed E-state index contributed by atoms with van der Waals surface area (Å²) in [5.41, 5.74) is 1.52. The third kappa shape index (κ3) is 3.62. The summed E-state index contributed by atoms with van der Waals surface area (Å²) in [5.74, 6) is -0.320. The summed E-state index contributed by atoms with van der Waals surface area (Å²) in [4.78, 5) is 17.2. The Morgan fingerprint density at radius 3 is 2.85 bits per heavy atom. The van der Waals surface area contributed by atoms with Crippen molar-refractivity contribution in [3.05, 3.63) is 39.7 Å². The molecule has 1 atom stereocenters. The second kappa shape index (κ2) is 7.14. The number of anilines is 1. The number of fused-ring (bicyclic) bond motifs is 1. The zero-order valence-electron chi connectivity index (χ0n) is 14.3. The number of thiazole rings is 1. The molecule has 1 amide bonds. The molecule has 0 spiro atoms. The van der Waals surface area contributed by atoms with E-state index in [1.807, 2.05) is 19.1 Å². The number of halogens is 1. The predicted octanol–water partition coefficient (Wildman–Crippen LogP) is 4.11. The number of aryl methyl sites for hydroxylation is 1. The topological polar surface area (TPSA) is 79.4 Å². The normalized spacial score (nSPS) is 18.2. The average Bonchev–Trinajstić information content (AvgIpc) is 3.32. The van der Waals surface area contributed by atoms with Crippen LogP contribution < -0.4 is 5.32 Å². The molecule has 1 aliphatic rings. The van der Waals surface area contributed by atoms with Crippen molar-refractivity contribution in [2.75, 3.05) is 11.9 Å². The van der Waals surface area contributed by atoms with Gasteiger partial charge in [-0.1, -0.05) is 11.6 Å². The van der Waals surface area contributed by atoms with Crippen molar-refractivity contribution in [1.82, 2.24) is 9.29 Å². The van der Waals surface area contributed by atoms with Crippen molar-refractivity contribution in [1.29, 1.82) is 0 Å². The summed E-state index contributed by atoms with van der Waals surface area (Å²) in [6.07, 6.45) is 1.13. The second-order valence-electron chi connectivity index (χ2n) is 6.24. The molecule has 0 radical (unpaired) electrons. The van der Waals surface area contributed by atoms with Gasteiger partial charge in [-0.2, -0.15) is 4.31 Å². The number of thiophene rings is 1. The maximum absolute atomic E-state index is 12.9. The molecule has 0 unspecified atom stereocenters. The number of aromatic nitrogens is 1. The number of rotatable bonds is 4. The van der Waals surface area contributed by atoms with Crippen molar-refractivity contribution in [2.45, 2.75) is 30.0 Å². The average molecular weight is 442 g/mol. The van der Waals surface area contributed by atoms with E-state index in [1.54, 1.807) is 23.5 Å². The summed E-state index contributed by atoms with van der Waals surface area (Å²) in [6.45, 7) is 2.25. The molecule has 4 rings (SSSR count). The van der Waals surface area contributed by atoms with Gasteiger partial charge in [-0.25, -0.2) is 13.4 Å². The van der Waals surface area contributed by atoms with E-state index in [2.05, 4.69) is 10.3 Å². The van der Waals surface area contributed by atoms with Crippen molar-refractivity contribution < 1.29 is 13.2 Å². The van der Waals surface area contributed by atoms with Crippen molar-refractivity contribution in [3.63, 3.8) is 0 Å². The van der Waals surface area contributed by atoms with E-state index in [1.165, 1.54) is 10.4 Å². The van der Waals surface area contributed by atoms with E-state index in [4.69, 9.17) is 11.6 Å². The monoisotopic (exact) mass is 441 g/mol. The number of amides is 1. The van der Waals surface area contributed by atoms with Crippen LogP contribution in [0.3, 0.4) is 0 Å². The molecule has 1 N–H and O–H groups in total. The number of carbonyl (C=O) groups is 1. The van der Waals surface area contributed by atoms with Crippen LogP contribution in [0.15, 0.2) is 34.5 Å². The summed E-state index contributed by atoms with van der Waals surface area (Å²) < 4.78 is 28.6. The Hall–Kier alpha value is -1.52. The van der Waals surface area contributed by atoms with E-state index in [9.17, 15) is 13.2 Å². The number of sulfonamides is 1. The largest absolute Gasteiger partial charge is 0.325 e. The van der Waals surface area contributed by atoms with Crippen LogP contribution in [-0.4, -0.2) is 36.2 Å². The van der Waals surface area contributed by atoms with Gasteiger partial charge in [-0.3, -0.25) is 4.79 Å². The Balaban J connectivity index is 1.56. The lowest BCUT2D eigenvalue weighted by molar-refractivity contribution is -0.119. The van der Waals surface area contributed by atoms with Crippen LogP contribution in [0.25, 0.3) is 10.2 Å². The van der Waals surface area contributed by atoms with E-state index in [0.29, 0.717) is 29.4 Å². The first-order chi connectivity index (χ1) is 12.8. The molecule has 6 nitrogen and oxygen atoms in total. The van der Waals surface area contributed by atoms with Crippen LogP contribution in [0, 0.1) is 6.92 Å². The number of hydrogen-bond acceptors (Lipinski definition) is 6. The standard InChI is InChI=1S/C17H16ClN3O3S3/c1-10-19-12-5-4-11(9-14(12)25-10)20-17(22)13-3-2-8-21(13)27(23,24)16-7-6-15(18)26-16/h4-7,9,13H,2-3,8H2,1H3,(H,20,22)/t13-/m1/s1. The Morgan fingerprint density at radius 2 is 2.11 bits per heavy atom. The fourth-order valence-electron chi connectivity index (χ4n) is 3.18. The van der Waals surface area contributed by atoms with Crippen LogP contribution in [0.4, 0.5) is 5.69 Å². The highest BCUT2D eigenvalue weighted by molar-refractivity contribution is 7.91. The molecule has 1 aromatic carbocycles. The zero-order chi connectivity index (χ0) is 19.2. The van der Waals surface area contributed by atoms with Gasteiger partial charge in [-0.15, -0.1) is 22.7 Å². The number of carbonyl (C=O) groups excluding carboxylic acids is 1. The lowest BCUT2D eigenvalue weighted by atomic mass is 10.2. The van der Waals surface area contributed by atoms with Gasteiger partial charge in [0.25, 0.3) is 10.0 Å². The summed E-state index contributed by atoms with van der Waals surface area (Å²) in [6, 6.07) is 7.81. The van der Waals surface area contributed by atoms with E-state index >= 15 is 0 Å². The maximum atomic E-state index is 12.9. The first kappa shape index (κ1) is 18.8. The number of nitrogens with one attached hydrogen (secondary N) is 1. The second-order valence-corrected chi connectivity index (χ2v) is 11.3. The molecule has 0 bridgehead atoms. The van der Waals surface area contributed by atoms with Gasteiger partial charge in [0, 0.05) is 12.2 Å². The molecular formula is C17H16ClN3O3S3. The molecule has 3 aromatic rings. The highest BCUT2D eigenvalue weighted by Crippen LogP contribution is 2.33. The van der Waals surface area contributed by atoms with Gasteiger partial charge in [0.1, 0.15) is 10.3 Å². The lowest BCUT2D eigenvalue weighted by Gasteiger charge is -2.22. The molecule has 27 heavy (non-hydrogen) atoms. The summed E-state index contributed by atoms with van der Waals surface area (Å²) >= 11 is 8.43. The minimum atomic E-state index is -3.74. The van der Waals surface area contributed by atoms with Crippen LogP contribution in [0.5, 0.6) is 0 Å². The van der Waals surface area contributed by atoms with Crippen molar-refractivity contribution >= 4 is 66.1 Å². The highest BCUT2D eigenvalue weighted by Gasteiger charge is 2.40. The van der Waals surface area contributed by atoms with Gasteiger partial charge < -0.3 is 5.32 Å². The van der Waals surface area contributed by atoms with E-state index in [0.717, 1.165) is 26.6 Å². The molecule has 0 saturated carbocycles. The fourth-order valence-corrected chi connectivity index (χ4v) is 7.32. The van der Waals surface area contributed by atoms with Gasteiger partial charge in [0.15, 0.2) is 0 Å². The van der Waals surface area contributed by atoms with Crippen LogP contribution in [-0.2, 0) is 14.8 Å². The summed E-state index contributed by atoms with van der Waals surface area (Å²) in [7, 11) is -3.74. The Kier molecular flexibility index (Phi) is 4.98. The zero-order valence-corrected chi connectivity index (χ0v) is 17.5. The maximum Gasteiger partial charge on any atom is 0.253 e. The van der Waals surface area contributed by atoms with Crippen molar-refractivity contribution in [2.24, 2.45) is 0 Å². The number of hydrogen-bond donors (Lipinski definition) is 1.